The first-order chi connectivity index (χ1) is 7.58. The van der Waals surface area contributed by atoms with Crippen LogP contribution in [0.5, 0.6) is 5.75 Å². The van der Waals surface area contributed by atoms with Crippen molar-refractivity contribution in [3.8, 4) is 5.75 Å². The molecule has 16 heavy (non-hydrogen) atoms. The Labute approximate surface area is 93.5 Å². The number of phenolic OH excluding ortho intramolecular Hbond substituents is 1. The average molecular weight is 217 g/mol. The van der Waals surface area contributed by atoms with Crippen molar-refractivity contribution in [2.45, 2.75) is 6.92 Å². The Bertz CT molecular complexity index is 486. The van der Waals surface area contributed by atoms with Crippen molar-refractivity contribution in [3.05, 3.63) is 35.5 Å². The molecule has 1 aliphatic rings. The molecule has 0 saturated carbocycles. The zero-order valence-electron chi connectivity index (χ0n) is 9.14. The largest absolute Gasteiger partial charge is 0.508 e. The van der Waals surface area contributed by atoms with Crippen molar-refractivity contribution >= 4 is 17.8 Å². The molecule has 0 saturated heterocycles. The molecule has 1 amide bonds. The third-order valence-electron chi connectivity index (χ3n) is 2.49. The lowest BCUT2D eigenvalue weighted by atomic mass is 10.3. The van der Waals surface area contributed by atoms with Crippen LogP contribution < -0.4 is 0 Å². The molecule has 4 nitrogen and oxygen atoms in total. The number of carbonyl (C=O) groups excluding carboxylic acids is 1. The van der Waals surface area contributed by atoms with Crippen LogP contribution in [-0.2, 0) is 4.79 Å². The van der Waals surface area contributed by atoms with Gasteiger partial charge in [0.15, 0.2) is 0 Å². The summed E-state index contributed by atoms with van der Waals surface area (Å²) in [6.45, 7) is 1.79. The molecule has 82 valence electrons. The fraction of sp³-hybridized carbons (Fsp3) is 0.167. The predicted molar refractivity (Wildman–Crippen MR) is 62.0 cm³/mol. The summed E-state index contributed by atoms with van der Waals surface area (Å²) in [5.41, 5.74) is 1.26. The van der Waals surface area contributed by atoms with Crippen LogP contribution >= 0.6 is 0 Å². The van der Waals surface area contributed by atoms with Crippen molar-refractivity contribution < 1.29 is 9.90 Å². The van der Waals surface area contributed by atoms with E-state index in [9.17, 15) is 4.79 Å². The second-order valence-corrected chi connectivity index (χ2v) is 3.64. The fourth-order valence-corrected chi connectivity index (χ4v) is 1.44. The smallest absolute Gasteiger partial charge is 0.277 e. The number of hydrogen-bond acceptors (Lipinski definition) is 3. The number of benzene rings is 1. The number of aliphatic imine (C=N–C) groups is 1. The van der Waals surface area contributed by atoms with Crippen LogP contribution in [0.2, 0.25) is 0 Å². The zero-order valence-corrected chi connectivity index (χ0v) is 9.14. The molecule has 2 rings (SSSR count). The van der Waals surface area contributed by atoms with Gasteiger partial charge in [-0.3, -0.25) is 9.69 Å². The minimum absolute atomic E-state index is 0.106. The van der Waals surface area contributed by atoms with E-state index in [0.29, 0.717) is 11.5 Å². The van der Waals surface area contributed by atoms with Gasteiger partial charge in [-0.1, -0.05) is 12.1 Å². The van der Waals surface area contributed by atoms with Crippen molar-refractivity contribution in [1.82, 2.24) is 4.90 Å². The summed E-state index contributed by atoms with van der Waals surface area (Å²) < 4.78 is 0. The highest BCUT2D eigenvalue weighted by molar-refractivity contribution is 6.13. The molecule has 0 atom stereocenters. The first-order valence-electron chi connectivity index (χ1n) is 4.92. The average Bonchev–Trinajstić information content (AvgIpc) is 2.50. The third-order valence-corrected chi connectivity index (χ3v) is 2.49. The van der Waals surface area contributed by atoms with Crippen molar-refractivity contribution in [2.24, 2.45) is 4.99 Å². The molecule has 0 bridgehead atoms. The number of amidine groups is 1. The number of phenols is 1. The summed E-state index contributed by atoms with van der Waals surface area (Å²) in [6, 6.07) is 6.62. The standard InChI is InChI=1S/C12H12N2O2/c1-8-13-11(12(16)14(8)2)7-9-3-5-10(15)6-4-9/h3-7,15H,1-2H3/b11-7+/i7+1. The Kier molecular flexibility index (Phi) is 2.48. The summed E-state index contributed by atoms with van der Waals surface area (Å²) >= 11 is 0. The highest BCUT2D eigenvalue weighted by Crippen LogP contribution is 2.18. The first kappa shape index (κ1) is 10.4. The van der Waals surface area contributed by atoms with Crippen LogP contribution in [0.1, 0.15) is 12.5 Å². The number of hydrogen-bond donors (Lipinski definition) is 1. The van der Waals surface area contributed by atoms with Gasteiger partial charge >= 0.3 is 0 Å². The molecular weight excluding hydrogens is 205 g/mol. The van der Waals surface area contributed by atoms with Gasteiger partial charge in [0.2, 0.25) is 0 Å². The lowest BCUT2D eigenvalue weighted by Gasteiger charge is -2.05. The van der Waals surface area contributed by atoms with Gasteiger partial charge in [-0.25, -0.2) is 4.99 Å². The van der Waals surface area contributed by atoms with E-state index in [2.05, 4.69) is 4.99 Å². The van der Waals surface area contributed by atoms with Crippen molar-refractivity contribution in [2.75, 3.05) is 7.05 Å². The van der Waals surface area contributed by atoms with E-state index >= 15 is 0 Å². The molecule has 1 aliphatic heterocycles. The minimum atomic E-state index is -0.106. The molecule has 0 aromatic heterocycles. The van der Waals surface area contributed by atoms with Gasteiger partial charge in [0.05, 0.1) is 0 Å². The molecule has 0 fully saturated rings. The Morgan fingerprint density at radius 3 is 2.44 bits per heavy atom. The van der Waals surface area contributed by atoms with E-state index in [1.54, 1.807) is 44.3 Å². The van der Waals surface area contributed by atoms with Crippen molar-refractivity contribution in [1.29, 1.82) is 0 Å². The van der Waals surface area contributed by atoms with E-state index in [-0.39, 0.29) is 11.7 Å². The second kappa shape index (κ2) is 3.81. The number of likely N-dealkylation sites (N-methyl/N-ethyl adjacent to an activating group) is 1. The summed E-state index contributed by atoms with van der Waals surface area (Å²) in [5, 5.41) is 9.13. The molecule has 4 heteroatoms. The van der Waals surface area contributed by atoms with E-state index in [4.69, 9.17) is 5.11 Å². The number of aromatic hydroxyl groups is 1. The van der Waals surface area contributed by atoms with Crippen LogP contribution in [0, 0.1) is 0 Å². The van der Waals surface area contributed by atoms with Gasteiger partial charge in [0.1, 0.15) is 17.3 Å². The van der Waals surface area contributed by atoms with Crippen LogP contribution in [0.15, 0.2) is 35.0 Å². The van der Waals surface area contributed by atoms with E-state index in [1.807, 2.05) is 0 Å². The maximum Gasteiger partial charge on any atom is 0.277 e. The van der Waals surface area contributed by atoms with Gasteiger partial charge in [0.25, 0.3) is 5.91 Å². The Hall–Kier alpha value is -2.10. The summed E-state index contributed by atoms with van der Waals surface area (Å²) in [4.78, 5) is 17.3. The fourth-order valence-electron chi connectivity index (χ4n) is 1.44. The quantitative estimate of drug-likeness (QED) is 0.574. The Morgan fingerprint density at radius 1 is 1.31 bits per heavy atom. The summed E-state index contributed by atoms with van der Waals surface area (Å²) in [5.74, 6) is 0.789. The lowest BCUT2D eigenvalue weighted by molar-refractivity contribution is -0.121. The number of nitrogens with zero attached hydrogens (tertiary/aromatic N) is 2. The number of rotatable bonds is 1. The van der Waals surface area contributed by atoms with Gasteiger partial charge in [-0.2, -0.15) is 0 Å². The van der Waals surface area contributed by atoms with Gasteiger partial charge in [-0.05, 0) is 30.7 Å². The number of carbonyl (C=O) groups is 1. The molecule has 0 spiro atoms. The van der Waals surface area contributed by atoms with Crippen molar-refractivity contribution in [3.63, 3.8) is 0 Å². The van der Waals surface area contributed by atoms with Gasteiger partial charge in [-0.15, -0.1) is 0 Å². The topological polar surface area (TPSA) is 52.9 Å². The third kappa shape index (κ3) is 1.82. The molecular formula is C12H12N2O2. The highest BCUT2D eigenvalue weighted by Gasteiger charge is 2.23. The van der Waals surface area contributed by atoms with Crippen LogP contribution in [0.3, 0.4) is 0 Å². The normalized spacial score (nSPS) is 18.1. The molecule has 1 heterocycles. The van der Waals surface area contributed by atoms with Crippen LogP contribution in [-0.4, -0.2) is 28.8 Å². The summed E-state index contributed by atoms with van der Waals surface area (Å²) in [6.07, 6.45) is 1.70. The second-order valence-electron chi connectivity index (χ2n) is 3.64. The zero-order chi connectivity index (χ0) is 11.7. The van der Waals surface area contributed by atoms with Crippen LogP contribution in [0.25, 0.3) is 6.08 Å². The van der Waals surface area contributed by atoms with E-state index in [1.165, 1.54) is 4.90 Å². The maximum atomic E-state index is 11.7. The number of amides is 1. The molecule has 1 aromatic rings. The van der Waals surface area contributed by atoms with Gasteiger partial charge in [0, 0.05) is 7.05 Å². The van der Waals surface area contributed by atoms with Gasteiger partial charge < -0.3 is 5.11 Å². The molecule has 0 radical (unpaired) electrons. The van der Waals surface area contributed by atoms with E-state index in [0.717, 1.165) is 5.56 Å². The minimum Gasteiger partial charge on any atom is -0.508 e. The molecule has 1 aromatic carbocycles. The predicted octanol–water partition coefficient (Wildman–Crippen LogP) is 1.62. The molecule has 1 N–H and O–H groups in total. The van der Waals surface area contributed by atoms with Crippen LogP contribution in [0.4, 0.5) is 0 Å². The highest BCUT2D eigenvalue weighted by atomic mass is 16.3. The lowest BCUT2D eigenvalue weighted by Crippen LogP contribution is -2.25. The SMILES string of the molecule is CC1=N/C(=[13CH]/c2ccc(O)cc2)C(=O)N1C. The first-order valence-corrected chi connectivity index (χ1v) is 4.92. The maximum absolute atomic E-state index is 11.7. The molecule has 0 aliphatic carbocycles. The molecule has 0 unspecified atom stereocenters. The van der Waals surface area contributed by atoms with E-state index < -0.39 is 0 Å². The monoisotopic (exact) mass is 217 g/mol. The Morgan fingerprint density at radius 2 is 1.94 bits per heavy atom. The summed E-state index contributed by atoms with van der Waals surface area (Å²) in [7, 11) is 1.69. The Balaban J connectivity index is 2.32.